The lowest BCUT2D eigenvalue weighted by atomic mass is 9.92. The molecule has 0 aromatic carbocycles. The van der Waals surface area contributed by atoms with E-state index in [1.165, 1.54) is 18.7 Å². The fraction of sp³-hybridized carbons (Fsp3) is 0.812. The number of rotatable bonds is 5. The van der Waals surface area contributed by atoms with Gasteiger partial charge >= 0.3 is 18.0 Å². The summed E-state index contributed by atoms with van der Waals surface area (Å²) in [5, 5.41) is 9.25. The van der Waals surface area contributed by atoms with Gasteiger partial charge in [0.25, 0.3) is 0 Å². The second-order valence-corrected chi connectivity index (χ2v) is 6.92. The second-order valence-electron chi connectivity index (χ2n) is 6.92. The number of carbonyl (C=O) groups excluding carboxylic acids is 3. The molecule has 8 nitrogen and oxygen atoms in total. The largest absolute Gasteiger partial charge is 0.458 e. The molecule has 1 fully saturated rings. The number of hydrogen-bond donors (Lipinski definition) is 1. The Labute approximate surface area is 142 Å². The number of ether oxygens (including phenoxy) is 3. The predicted octanol–water partition coefficient (Wildman–Crippen LogP) is 1.24. The van der Waals surface area contributed by atoms with E-state index in [4.69, 9.17) is 14.2 Å². The zero-order valence-electron chi connectivity index (χ0n) is 15.0. The molecule has 0 spiro atoms. The average molecular weight is 345 g/mol. The van der Waals surface area contributed by atoms with Crippen LogP contribution in [0.5, 0.6) is 0 Å². The molecule has 1 saturated heterocycles. The summed E-state index contributed by atoms with van der Waals surface area (Å²) in [7, 11) is 0. The highest BCUT2D eigenvalue weighted by Gasteiger charge is 2.51. The fourth-order valence-electron chi connectivity index (χ4n) is 2.73. The number of nitrogens with zero attached hydrogens (tertiary/aromatic N) is 1. The smallest absolute Gasteiger partial charge is 0.410 e. The van der Waals surface area contributed by atoms with E-state index in [1.54, 1.807) is 20.8 Å². The van der Waals surface area contributed by atoms with Crippen LogP contribution in [0, 0.1) is 0 Å². The Hall–Kier alpha value is -1.83. The number of likely N-dealkylation sites (tertiary alicyclic amines) is 1. The molecule has 0 radical (unpaired) electrons. The van der Waals surface area contributed by atoms with Crippen molar-refractivity contribution >= 4 is 18.0 Å². The molecular weight excluding hydrogens is 318 g/mol. The van der Waals surface area contributed by atoms with Gasteiger partial charge in [0, 0.05) is 39.8 Å². The maximum atomic E-state index is 12.2. The van der Waals surface area contributed by atoms with Crippen molar-refractivity contribution in [1.82, 2.24) is 4.90 Å². The van der Waals surface area contributed by atoms with E-state index < -0.39 is 35.3 Å². The molecule has 0 saturated carbocycles. The molecule has 1 rings (SSSR count). The van der Waals surface area contributed by atoms with Crippen molar-refractivity contribution in [3.63, 3.8) is 0 Å². The maximum Gasteiger partial charge on any atom is 0.410 e. The highest BCUT2D eigenvalue weighted by Crippen LogP contribution is 2.33. The van der Waals surface area contributed by atoms with Crippen molar-refractivity contribution in [2.45, 2.75) is 64.8 Å². The zero-order valence-corrected chi connectivity index (χ0v) is 15.0. The molecule has 1 aliphatic heterocycles. The molecule has 1 heterocycles. The lowest BCUT2D eigenvalue weighted by Gasteiger charge is -2.35. The zero-order chi connectivity index (χ0) is 18.5. The first-order valence-electron chi connectivity index (χ1n) is 7.95. The molecule has 0 aromatic heterocycles. The molecular formula is C16H27NO7. The predicted molar refractivity (Wildman–Crippen MR) is 84.2 cm³/mol. The van der Waals surface area contributed by atoms with Crippen LogP contribution in [0.3, 0.4) is 0 Å². The van der Waals surface area contributed by atoms with E-state index >= 15 is 0 Å². The van der Waals surface area contributed by atoms with E-state index in [0.29, 0.717) is 13.0 Å². The van der Waals surface area contributed by atoms with Crippen molar-refractivity contribution < 1.29 is 33.7 Å². The third kappa shape index (κ3) is 5.67. The first kappa shape index (κ1) is 20.2. The van der Waals surface area contributed by atoms with Crippen molar-refractivity contribution in [3.05, 3.63) is 0 Å². The number of hydrogen-bond acceptors (Lipinski definition) is 7. The Balaban J connectivity index is 2.99. The van der Waals surface area contributed by atoms with Crippen LogP contribution in [0.1, 0.15) is 47.5 Å². The SMILES string of the molecule is CC(=O)OC(CCO)[C@]1(OC(C)=O)CCN(C(=O)OC(C)(C)C)C1. The molecule has 0 bridgehead atoms. The summed E-state index contributed by atoms with van der Waals surface area (Å²) >= 11 is 0. The van der Waals surface area contributed by atoms with E-state index in [-0.39, 0.29) is 19.6 Å². The first-order chi connectivity index (χ1) is 11.0. The molecule has 1 aliphatic rings. The number of carbonyl (C=O) groups is 3. The van der Waals surface area contributed by atoms with Crippen LogP contribution in [0.2, 0.25) is 0 Å². The third-order valence-electron chi connectivity index (χ3n) is 3.55. The number of amides is 1. The Morgan fingerprint density at radius 2 is 1.83 bits per heavy atom. The van der Waals surface area contributed by atoms with Crippen LogP contribution in [0.25, 0.3) is 0 Å². The average Bonchev–Trinajstić information content (AvgIpc) is 2.80. The van der Waals surface area contributed by atoms with E-state index in [2.05, 4.69) is 0 Å². The highest BCUT2D eigenvalue weighted by molar-refractivity contribution is 5.70. The second kappa shape index (κ2) is 7.83. The van der Waals surface area contributed by atoms with Crippen molar-refractivity contribution in [2.24, 2.45) is 0 Å². The number of aliphatic hydroxyl groups is 1. The minimum Gasteiger partial charge on any atom is -0.458 e. The Kier molecular flexibility index (Phi) is 6.59. The van der Waals surface area contributed by atoms with Crippen LogP contribution in [-0.4, -0.2) is 65.0 Å². The topological polar surface area (TPSA) is 102 Å². The van der Waals surface area contributed by atoms with Crippen molar-refractivity contribution in [1.29, 1.82) is 0 Å². The van der Waals surface area contributed by atoms with Crippen LogP contribution in [0.4, 0.5) is 4.79 Å². The minimum atomic E-state index is -1.18. The molecule has 1 unspecified atom stereocenters. The van der Waals surface area contributed by atoms with Gasteiger partial charge in [0.15, 0.2) is 5.60 Å². The third-order valence-corrected chi connectivity index (χ3v) is 3.55. The molecule has 1 amide bonds. The Morgan fingerprint density at radius 3 is 2.29 bits per heavy atom. The van der Waals surface area contributed by atoms with Crippen molar-refractivity contribution in [3.8, 4) is 0 Å². The van der Waals surface area contributed by atoms with Gasteiger partial charge in [-0.05, 0) is 20.8 Å². The van der Waals surface area contributed by atoms with E-state index in [1.807, 2.05) is 0 Å². The molecule has 138 valence electrons. The molecule has 1 N–H and O–H groups in total. The van der Waals surface area contributed by atoms with Gasteiger partial charge in [0.2, 0.25) is 0 Å². The normalized spacial score (nSPS) is 22.0. The van der Waals surface area contributed by atoms with Crippen LogP contribution < -0.4 is 0 Å². The summed E-state index contributed by atoms with van der Waals surface area (Å²) < 4.78 is 16.0. The summed E-state index contributed by atoms with van der Waals surface area (Å²) in [5.74, 6) is -1.09. The molecule has 24 heavy (non-hydrogen) atoms. The lowest BCUT2D eigenvalue weighted by molar-refractivity contribution is -0.183. The number of aliphatic hydroxyl groups excluding tert-OH is 1. The Bertz CT molecular complexity index is 485. The van der Waals surface area contributed by atoms with Gasteiger partial charge in [0.1, 0.15) is 11.7 Å². The lowest BCUT2D eigenvalue weighted by Crippen LogP contribution is -2.51. The van der Waals surface area contributed by atoms with Crippen LogP contribution >= 0.6 is 0 Å². The van der Waals surface area contributed by atoms with Crippen LogP contribution in [-0.2, 0) is 23.8 Å². The molecule has 2 atom stereocenters. The van der Waals surface area contributed by atoms with E-state index in [9.17, 15) is 19.5 Å². The van der Waals surface area contributed by atoms with Crippen molar-refractivity contribution in [2.75, 3.05) is 19.7 Å². The minimum absolute atomic E-state index is 0.0411. The van der Waals surface area contributed by atoms with Gasteiger partial charge in [-0.2, -0.15) is 0 Å². The fourth-order valence-corrected chi connectivity index (χ4v) is 2.73. The Morgan fingerprint density at radius 1 is 1.21 bits per heavy atom. The van der Waals surface area contributed by atoms with Gasteiger partial charge in [-0.3, -0.25) is 9.59 Å². The quantitative estimate of drug-likeness (QED) is 0.591. The summed E-state index contributed by atoms with van der Waals surface area (Å²) in [4.78, 5) is 36.6. The van der Waals surface area contributed by atoms with Gasteiger partial charge < -0.3 is 24.2 Å². The summed E-state index contributed by atoms with van der Waals surface area (Å²) in [5.41, 5.74) is -1.83. The molecule has 0 aliphatic carbocycles. The molecule has 0 aromatic rings. The van der Waals surface area contributed by atoms with Gasteiger partial charge in [-0.25, -0.2) is 4.79 Å². The van der Waals surface area contributed by atoms with Gasteiger partial charge in [-0.15, -0.1) is 0 Å². The van der Waals surface area contributed by atoms with E-state index in [0.717, 1.165) is 0 Å². The summed E-state index contributed by atoms with van der Waals surface area (Å²) in [6.07, 6.45) is -0.961. The number of esters is 2. The first-order valence-corrected chi connectivity index (χ1v) is 7.95. The molecule has 8 heteroatoms. The maximum absolute atomic E-state index is 12.2. The summed E-state index contributed by atoms with van der Waals surface area (Å²) in [6.45, 7) is 7.86. The van der Waals surface area contributed by atoms with Gasteiger partial charge in [-0.1, -0.05) is 0 Å². The van der Waals surface area contributed by atoms with Crippen LogP contribution in [0.15, 0.2) is 0 Å². The standard InChI is InChI=1S/C16H27NO7/c1-11(19)22-13(6-9-18)16(23-12(2)20)7-8-17(10-16)14(21)24-15(3,4)5/h13,18H,6-10H2,1-5H3/t13?,16-/m0/s1. The summed E-state index contributed by atoms with van der Waals surface area (Å²) in [6, 6.07) is 0. The monoisotopic (exact) mass is 345 g/mol. The highest BCUT2D eigenvalue weighted by atomic mass is 16.6. The van der Waals surface area contributed by atoms with Gasteiger partial charge in [0.05, 0.1) is 6.54 Å².